The highest BCUT2D eigenvalue weighted by Gasteiger charge is 2.22. The van der Waals surface area contributed by atoms with E-state index in [4.69, 9.17) is 11.6 Å². The highest BCUT2D eigenvalue weighted by molar-refractivity contribution is 6.31. The molecule has 0 saturated heterocycles. The van der Waals surface area contributed by atoms with E-state index in [1.807, 2.05) is 24.9 Å². The Hall–Kier alpha value is -1.75. The molecule has 0 aliphatic carbocycles. The standard InChI is InChI=1S/C15H21ClN4O/c1-5-19-10-13(7-17-19)20(8-11(2)3)15(21)14-6-12(16)9-18(14)4/h6-7,9-11H,5,8H2,1-4H3. The van der Waals surface area contributed by atoms with Gasteiger partial charge < -0.3 is 9.47 Å². The van der Waals surface area contributed by atoms with E-state index in [0.29, 0.717) is 23.2 Å². The number of carbonyl (C=O) groups is 1. The van der Waals surface area contributed by atoms with Crippen LogP contribution in [0, 0.1) is 5.92 Å². The third-order valence-electron chi connectivity index (χ3n) is 3.24. The van der Waals surface area contributed by atoms with Gasteiger partial charge in [-0.25, -0.2) is 0 Å². The molecule has 0 aliphatic rings. The molecule has 0 bridgehead atoms. The lowest BCUT2D eigenvalue weighted by atomic mass is 10.2. The third kappa shape index (κ3) is 3.47. The molecule has 6 heteroatoms. The van der Waals surface area contributed by atoms with E-state index in [-0.39, 0.29) is 5.91 Å². The Morgan fingerprint density at radius 3 is 2.62 bits per heavy atom. The highest BCUT2D eigenvalue weighted by atomic mass is 35.5. The Kier molecular flexibility index (Phi) is 4.73. The van der Waals surface area contributed by atoms with Gasteiger partial charge >= 0.3 is 0 Å². The summed E-state index contributed by atoms with van der Waals surface area (Å²) >= 11 is 5.98. The Morgan fingerprint density at radius 1 is 1.43 bits per heavy atom. The second-order valence-corrected chi connectivity index (χ2v) is 5.95. The minimum atomic E-state index is -0.0613. The maximum atomic E-state index is 12.8. The SMILES string of the molecule is CCn1cc(N(CC(C)C)C(=O)c2cc(Cl)cn2C)cn1. The van der Waals surface area contributed by atoms with Crippen molar-refractivity contribution in [1.29, 1.82) is 0 Å². The first-order chi connectivity index (χ1) is 9.92. The number of nitrogens with zero attached hydrogens (tertiary/aromatic N) is 4. The smallest absolute Gasteiger partial charge is 0.275 e. The van der Waals surface area contributed by atoms with E-state index < -0.39 is 0 Å². The summed E-state index contributed by atoms with van der Waals surface area (Å²) in [5, 5.41) is 4.82. The minimum absolute atomic E-state index is 0.0613. The predicted molar refractivity (Wildman–Crippen MR) is 84.8 cm³/mol. The van der Waals surface area contributed by atoms with Crippen LogP contribution in [0.3, 0.4) is 0 Å². The van der Waals surface area contributed by atoms with Crippen LogP contribution >= 0.6 is 11.6 Å². The zero-order valence-electron chi connectivity index (χ0n) is 12.9. The number of halogens is 1. The Balaban J connectivity index is 2.35. The first kappa shape index (κ1) is 15.6. The molecule has 21 heavy (non-hydrogen) atoms. The number of rotatable bonds is 5. The number of aryl methyl sites for hydroxylation is 2. The lowest BCUT2D eigenvalue weighted by Crippen LogP contribution is -2.35. The van der Waals surface area contributed by atoms with E-state index in [1.165, 1.54) is 0 Å². The van der Waals surface area contributed by atoms with Crippen molar-refractivity contribution < 1.29 is 4.79 Å². The van der Waals surface area contributed by atoms with Crippen LogP contribution in [0.15, 0.2) is 24.7 Å². The lowest BCUT2D eigenvalue weighted by molar-refractivity contribution is 0.0976. The monoisotopic (exact) mass is 308 g/mol. The molecular weight excluding hydrogens is 288 g/mol. The second-order valence-electron chi connectivity index (χ2n) is 5.52. The molecule has 0 radical (unpaired) electrons. The molecular formula is C15H21ClN4O. The minimum Gasteiger partial charge on any atom is -0.345 e. The van der Waals surface area contributed by atoms with Gasteiger partial charge in [-0.2, -0.15) is 5.10 Å². The van der Waals surface area contributed by atoms with E-state index in [1.54, 1.807) is 27.9 Å². The summed E-state index contributed by atoms with van der Waals surface area (Å²) in [6.07, 6.45) is 5.36. The quantitative estimate of drug-likeness (QED) is 0.851. The topological polar surface area (TPSA) is 43.1 Å². The average molecular weight is 309 g/mol. The first-order valence-electron chi connectivity index (χ1n) is 7.08. The number of hydrogen-bond acceptors (Lipinski definition) is 2. The van der Waals surface area contributed by atoms with Crippen molar-refractivity contribution in [3.8, 4) is 0 Å². The average Bonchev–Trinajstić information content (AvgIpc) is 3.01. The zero-order valence-corrected chi connectivity index (χ0v) is 13.6. The summed E-state index contributed by atoms with van der Waals surface area (Å²) in [6, 6.07) is 1.70. The van der Waals surface area contributed by atoms with Crippen LogP contribution < -0.4 is 4.90 Å². The summed E-state index contributed by atoms with van der Waals surface area (Å²) in [5.41, 5.74) is 1.39. The van der Waals surface area contributed by atoms with Crippen molar-refractivity contribution in [3.63, 3.8) is 0 Å². The molecule has 0 spiro atoms. The number of carbonyl (C=O) groups excluding carboxylic acids is 1. The van der Waals surface area contributed by atoms with Crippen LogP contribution in [-0.4, -0.2) is 26.8 Å². The van der Waals surface area contributed by atoms with Gasteiger partial charge in [-0.3, -0.25) is 9.48 Å². The molecule has 2 heterocycles. The van der Waals surface area contributed by atoms with Gasteiger partial charge in [0.15, 0.2) is 0 Å². The van der Waals surface area contributed by atoms with Gasteiger partial charge in [0.05, 0.1) is 16.9 Å². The van der Waals surface area contributed by atoms with E-state index in [0.717, 1.165) is 12.2 Å². The van der Waals surface area contributed by atoms with Gasteiger partial charge in [-0.15, -0.1) is 0 Å². The molecule has 0 unspecified atom stereocenters. The number of anilines is 1. The lowest BCUT2D eigenvalue weighted by Gasteiger charge is -2.23. The van der Waals surface area contributed by atoms with Gasteiger partial charge in [-0.05, 0) is 18.9 Å². The largest absolute Gasteiger partial charge is 0.345 e. The van der Waals surface area contributed by atoms with Crippen molar-refractivity contribution in [1.82, 2.24) is 14.3 Å². The van der Waals surface area contributed by atoms with E-state index in [2.05, 4.69) is 18.9 Å². The fourth-order valence-corrected chi connectivity index (χ4v) is 2.46. The third-order valence-corrected chi connectivity index (χ3v) is 3.45. The Morgan fingerprint density at radius 2 is 2.14 bits per heavy atom. The Bertz CT molecular complexity index is 629. The zero-order chi connectivity index (χ0) is 15.6. The molecule has 2 aromatic heterocycles. The Labute approximate surface area is 130 Å². The molecule has 0 N–H and O–H groups in total. The molecule has 0 aliphatic heterocycles. The van der Waals surface area contributed by atoms with Crippen molar-refractivity contribution in [2.75, 3.05) is 11.4 Å². The molecule has 114 valence electrons. The van der Waals surface area contributed by atoms with Gasteiger partial charge in [-0.1, -0.05) is 25.4 Å². The van der Waals surface area contributed by atoms with Gasteiger partial charge in [0, 0.05) is 32.5 Å². The van der Waals surface area contributed by atoms with E-state index in [9.17, 15) is 4.79 Å². The van der Waals surface area contributed by atoms with Crippen LogP contribution in [-0.2, 0) is 13.6 Å². The maximum Gasteiger partial charge on any atom is 0.275 e. The fourth-order valence-electron chi connectivity index (χ4n) is 2.21. The van der Waals surface area contributed by atoms with Gasteiger partial charge in [0.2, 0.25) is 0 Å². The molecule has 2 aromatic rings. The van der Waals surface area contributed by atoms with Gasteiger partial charge in [0.1, 0.15) is 5.69 Å². The van der Waals surface area contributed by atoms with Crippen molar-refractivity contribution in [2.24, 2.45) is 13.0 Å². The summed E-state index contributed by atoms with van der Waals surface area (Å²) in [7, 11) is 1.82. The van der Waals surface area contributed by atoms with Crippen LogP contribution in [0.2, 0.25) is 5.02 Å². The normalized spacial score (nSPS) is 11.1. The number of amides is 1. The van der Waals surface area contributed by atoms with Gasteiger partial charge in [0.25, 0.3) is 5.91 Å². The van der Waals surface area contributed by atoms with Crippen LogP contribution in [0.1, 0.15) is 31.3 Å². The summed E-state index contributed by atoms with van der Waals surface area (Å²) in [4.78, 5) is 14.6. The highest BCUT2D eigenvalue weighted by Crippen LogP contribution is 2.21. The molecule has 5 nitrogen and oxygen atoms in total. The molecule has 2 rings (SSSR count). The van der Waals surface area contributed by atoms with Crippen molar-refractivity contribution >= 4 is 23.2 Å². The van der Waals surface area contributed by atoms with Crippen LogP contribution in [0.4, 0.5) is 5.69 Å². The second kappa shape index (κ2) is 6.35. The molecule has 0 saturated carbocycles. The first-order valence-corrected chi connectivity index (χ1v) is 7.46. The maximum absolute atomic E-state index is 12.8. The summed E-state index contributed by atoms with van der Waals surface area (Å²) in [6.45, 7) is 7.60. The van der Waals surface area contributed by atoms with Crippen molar-refractivity contribution in [2.45, 2.75) is 27.3 Å². The summed E-state index contributed by atoms with van der Waals surface area (Å²) in [5.74, 6) is 0.295. The van der Waals surface area contributed by atoms with Crippen molar-refractivity contribution in [3.05, 3.63) is 35.4 Å². The summed E-state index contributed by atoms with van der Waals surface area (Å²) < 4.78 is 3.57. The molecule has 0 aromatic carbocycles. The number of hydrogen-bond donors (Lipinski definition) is 0. The van der Waals surface area contributed by atoms with Crippen LogP contribution in [0.25, 0.3) is 0 Å². The molecule has 0 fully saturated rings. The molecule has 0 atom stereocenters. The fraction of sp³-hybridized carbons (Fsp3) is 0.467. The predicted octanol–water partition coefficient (Wildman–Crippen LogP) is 3.20. The van der Waals surface area contributed by atoms with E-state index >= 15 is 0 Å². The molecule has 1 amide bonds. The number of aromatic nitrogens is 3. The van der Waals surface area contributed by atoms with Crippen LogP contribution in [0.5, 0.6) is 0 Å².